The molecule has 1 N–H and O–H groups in total. The quantitative estimate of drug-likeness (QED) is 0.628. The van der Waals surface area contributed by atoms with Crippen LogP contribution in [0.1, 0.15) is 10.5 Å². The molecule has 0 bridgehead atoms. The highest BCUT2D eigenvalue weighted by Crippen LogP contribution is 2.27. The number of hydrogen-bond acceptors (Lipinski definition) is 3. The lowest BCUT2D eigenvalue weighted by Gasteiger charge is -2.07. The number of carbonyl (C=O) groups is 1. The molecule has 0 saturated heterocycles. The highest BCUT2D eigenvalue weighted by molar-refractivity contribution is 9.11. The summed E-state index contributed by atoms with van der Waals surface area (Å²) < 4.78 is 8.59. The van der Waals surface area contributed by atoms with Crippen molar-refractivity contribution in [3.8, 4) is 11.4 Å². The summed E-state index contributed by atoms with van der Waals surface area (Å²) in [5, 5.41) is 7.18. The summed E-state index contributed by atoms with van der Waals surface area (Å²) in [6, 6.07) is 15.0. The SMILES string of the molecule is COc1cn(-c2ccccc2)nc1C(=O)Nc1ccc(Br)cc1Br. The fraction of sp³-hybridized carbons (Fsp3) is 0.0588. The number of hydrogen-bond donors (Lipinski definition) is 1. The van der Waals surface area contributed by atoms with Crippen LogP contribution in [0.25, 0.3) is 5.69 Å². The van der Waals surface area contributed by atoms with Gasteiger partial charge in [0.05, 0.1) is 24.7 Å². The number of para-hydroxylation sites is 1. The van der Waals surface area contributed by atoms with E-state index in [0.717, 1.165) is 14.6 Å². The third kappa shape index (κ3) is 3.52. The number of amides is 1. The lowest BCUT2D eigenvalue weighted by molar-refractivity contribution is 0.101. The first kappa shape index (κ1) is 16.7. The molecule has 7 heteroatoms. The predicted molar refractivity (Wildman–Crippen MR) is 99.9 cm³/mol. The Labute approximate surface area is 155 Å². The normalized spacial score (nSPS) is 10.5. The number of rotatable bonds is 4. The number of benzene rings is 2. The summed E-state index contributed by atoms with van der Waals surface area (Å²) in [6.45, 7) is 0. The van der Waals surface area contributed by atoms with Gasteiger partial charge in [0, 0.05) is 8.95 Å². The zero-order chi connectivity index (χ0) is 17.1. The van der Waals surface area contributed by atoms with Gasteiger partial charge in [-0.2, -0.15) is 5.10 Å². The van der Waals surface area contributed by atoms with Crippen molar-refractivity contribution in [2.24, 2.45) is 0 Å². The second-order valence-electron chi connectivity index (χ2n) is 4.90. The van der Waals surface area contributed by atoms with Crippen molar-refractivity contribution < 1.29 is 9.53 Å². The highest BCUT2D eigenvalue weighted by atomic mass is 79.9. The Hall–Kier alpha value is -2.12. The van der Waals surface area contributed by atoms with E-state index in [1.165, 1.54) is 7.11 Å². The van der Waals surface area contributed by atoms with Crippen LogP contribution >= 0.6 is 31.9 Å². The second-order valence-corrected chi connectivity index (χ2v) is 6.67. The number of anilines is 1. The van der Waals surface area contributed by atoms with Crippen LogP contribution in [0.3, 0.4) is 0 Å². The third-order valence-electron chi connectivity index (χ3n) is 3.32. The fourth-order valence-corrected chi connectivity index (χ4v) is 3.30. The van der Waals surface area contributed by atoms with Crippen molar-refractivity contribution in [2.75, 3.05) is 12.4 Å². The van der Waals surface area contributed by atoms with Gasteiger partial charge < -0.3 is 10.1 Å². The third-order valence-corrected chi connectivity index (χ3v) is 4.47. The predicted octanol–water partition coefficient (Wildman–Crippen LogP) is 4.66. The summed E-state index contributed by atoms with van der Waals surface area (Å²) >= 11 is 6.81. The number of nitrogens with one attached hydrogen (secondary N) is 1. The fourth-order valence-electron chi connectivity index (χ4n) is 2.15. The van der Waals surface area contributed by atoms with Crippen LogP contribution in [0.5, 0.6) is 5.75 Å². The van der Waals surface area contributed by atoms with Gasteiger partial charge in [-0.3, -0.25) is 4.79 Å². The van der Waals surface area contributed by atoms with Crippen molar-refractivity contribution >= 4 is 43.5 Å². The van der Waals surface area contributed by atoms with Gasteiger partial charge >= 0.3 is 0 Å². The van der Waals surface area contributed by atoms with Crippen molar-refractivity contribution in [2.45, 2.75) is 0 Å². The molecule has 0 saturated carbocycles. The Balaban J connectivity index is 1.90. The zero-order valence-electron chi connectivity index (χ0n) is 12.7. The van der Waals surface area contributed by atoms with Gasteiger partial charge in [0.1, 0.15) is 0 Å². The first-order valence-electron chi connectivity index (χ1n) is 7.04. The van der Waals surface area contributed by atoms with Crippen LogP contribution in [0.15, 0.2) is 63.7 Å². The van der Waals surface area contributed by atoms with E-state index in [2.05, 4.69) is 42.3 Å². The van der Waals surface area contributed by atoms with Crippen LogP contribution in [0, 0.1) is 0 Å². The molecule has 3 rings (SSSR count). The maximum Gasteiger partial charge on any atom is 0.280 e. The van der Waals surface area contributed by atoms with E-state index in [9.17, 15) is 4.79 Å². The molecule has 122 valence electrons. The number of ether oxygens (including phenoxy) is 1. The number of methoxy groups -OCH3 is 1. The van der Waals surface area contributed by atoms with E-state index in [1.807, 2.05) is 42.5 Å². The largest absolute Gasteiger partial charge is 0.493 e. The van der Waals surface area contributed by atoms with E-state index in [1.54, 1.807) is 16.9 Å². The molecule has 5 nitrogen and oxygen atoms in total. The molecule has 0 fully saturated rings. The minimum Gasteiger partial charge on any atom is -0.493 e. The number of halogens is 2. The molecule has 3 aromatic rings. The molecule has 2 aromatic carbocycles. The lowest BCUT2D eigenvalue weighted by Crippen LogP contribution is -2.14. The van der Waals surface area contributed by atoms with Crippen LogP contribution < -0.4 is 10.1 Å². The Bertz CT molecular complexity index is 879. The summed E-state index contributed by atoms with van der Waals surface area (Å²) in [7, 11) is 1.51. The van der Waals surface area contributed by atoms with Gasteiger partial charge in [0.25, 0.3) is 5.91 Å². The summed E-state index contributed by atoms with van der Waals surface area (Å²) in [6.07, 6.45) is 1.68. The molecule has 0 aliphatic heterocycles. The van der Waals surface area contributed by atoms with Gasteiger partial charge in [-0.15, -0.1) is 0 Å². The molecule has 0 atom stereocenters. The zero-order valence-corrected chi connectivity index (χ0v) is 15.8. The smallest absolute Gasteiger partial charge is 0.280 e. The van der Waals surface area contributed by atoms with Gasteiger partial charge in [0.2, 0.25) is 0 Å². The van der Waals surface area contributed by atoms with Crippen LogP contribution in [-0.2, 0) is 0 Å². The van der Waals surface area contributed by atoms with Gasteiger partial charge in [-0.1, -0.05) is 34.1 Å². The summed E-state index contributed by atoms with van der Waals surface area (Å²) in [4.78, 5) is 12.6. The highest BCUT2D eigenvalue weighted by Gasteiger charge is 2.19. The molecule has 0 aliphatic carbocycles. The molecular weight excluding hydrogens is 438 g/mol. The van der Waals surface area contributed by atoms with Crippen molar-refractivity contribution in [3.63, 3.8) is 0 Å². The molecule has 0 unspecified atom stereocenters. The van der Waals surface area contributed by atoms with Crippen molar-refractivity contribution in [1.29, 1.82) is 0 Å². The van der Waals surface area contributed by atoms with Crippen molar-refractivity contribution in [3.05, 3.63) is 69.4 Å². The first-order chi connectivity index (χ1) is 11.6. The van der Waals surface area contributed by atoms with E-state index < -0.39 is 0 Å². The van der Waals surface area contributed by atoms with Gasteiger partial charge in [-0.05, 0) is 46.3 Å². The Morgan fingerprint density at radius 3 is 2.58 bits per heavy atom. The molecule has 0 radical (unpaired) electrons. The number of aromatic nitrogens is 2. The monoisotopic (exact) mass is 449 g/mol. The second kappa shape index (κ2) is 7.19. The summed E-state index contributed by atoms with van der Waals surface area (Å²) in [5.74, 6) is 0.0640. The molecule has 1 amide bonds. The molecule has 24 heavy (non-hydrogen) atoms. The minimum atomic E-state index is -0.343. The van der Waals surface area contributed by atoms with Gasteiger partial charge in [-0.25, -0.2) is 4.68 Å². The molecule has 0 aliphatic rings. The number of nitrogens with zero attached hydrogens (tertiary/aromatic N) is 2. The maximum atomic E-state index is 12.6. The summed E-state index contributed by atoms with van der Waals surface area (Å²) in [5.41, 5.74) is 1.72. The van der Waals surface area contributed by atoms with Crippen LogP contribution in [0.4, 0.5) is 5.69 Å². The first-order valence-corrected chi connectivity index (χ1v) is 8.62. The molecule has 1 heterocycles. The number of carbonyl (C=O) groups excluding carboxylic acids is 1. The maximum absolute atomic E-state index is 12.6. The Morgan fingerprint density at radius 2 is 1.92 bits per heavy atom. The lowest BCUT2D eigenvalue weighted by atomic mass is 10.3. The van der Waals surface area contributed by atoms with Crippen molar-refractivity contribution in [1.82, 2.24) is 9.78 Å². The van der Waals surface area contributed by atoms with Crippen LogP contribution in [-0.4, -0.2) is 22.8 Å². The Morgan fingerprint density at radius 1 is 1.17 bits per heavy atom. The van der Waals surface area contributed by atoms with Gasteiger partial charge in [0.15, 0.2) is 11.4 Å². The van der Waals surface area contributed by atoms with E-state index >= 15 is 0 Å². The van der Waals surface area contributed by atoms with E-state index in [0.29, 0.717) is 11.4 Å². The minimum absolute atomic E-state index is 0.219. The Kier molecular flexibility index (Phi) is 5.01. The average molecular weight is 451 g/mol. The molecular formula is C17H13Br2N3O2. The van der Waals surface area contributed by atoms with E-state index in [-0.39, 0.29) is 11.6 Å². The molecule has 0 spiro atoms. The topological polar surface area (TPSA) is 56.2 Å². The average Bonchev–Trinajstić information content (AvgIpc) is 3.02. The standard InChI is InChI=1S/C17H13Br2N3O2/c1-24-15-10-22(12-5-3-2-4-6-12)21-16(15)17(23)20-14-8-7-11(18)9-13(14)19/h2-10H,1H3,(H,20,23). The van der Waals surface area contributed by atoms with E-state index in [4.69, 9.17) is 4.74 Å². The van der Waals surface area contributed by atoms with Crippen LogP contribution in [0.2, 0.25) is 0 Å². The molecule has 1 aromatic heterocycles.